The summed E-state index contributed by atoms with van der Waals surface area (Å²) in [6, 6.07) is 10.1. The number of anilines is 1. The number of para-hydroxylation sites is 1. The van der Waals surface area contributed by atoms with Crippen molar-refractivity contribution in [2.24, 2.45) is 0 Å². The fourth-order valence-electron chi connectivity index (χ4n) is 5.27. The average molecular weight is 442 g/mol. The number of carbonyl (C=O) groups is 3. The van der Waals surface area contributed by atoms with Crippen LogP contribution in [0.1, 0.15) is 38.5 Å². The largest absolute Gasteiger partial charge is 0.369 e. The third kappa shape index (κ3) is 4.60. The molecule has 0 radical (unpaired) electrons. The van der Waals surface area contributed by atoms with Crippen LogP contribution in [-0.4, -0.2) is 90.9 Å². The Morgan fingerprint density at radius 1 is 1.00 bits per heavy atom. The van der Waals surface area contributed by atoms with E-state index in [2.05, 4.69) is 39.4 Å². The predicted octanol–water partition coefficient (Wildman–Crippen LogP) is 1.91. The molecular formula is C24H35N5O3. The minimum atomic E-state index is -0.725. The summed E-state index contributed by atoms with van der Waals surface area (Å²) in [6.07, 6.45) is 5.24. The van der Waals surface area contributed by atoms with Crippen LogP contribution in [0, 0.1) is 0 Å². The molecular weight excluding hydrogens is 406 g/mol. The highest BCUT2D eigenvalue weighted by molar-refractivity contribution is 6.08. The molecule has 4 amide bonds. The molecule has 0 atom stereocenters. The fraction of sp³-hybridized carbons (Fsp3) is 0.625. The zero-order chi connectivity index (χ0) is 22.6. The minimum Gasteiger partial charge on any atom is -0.369 e. The Hall–Kier alpha value is -2.61. The van der Waals surface area contributed by atoms with Crippen molar-refractivity contribution in [3.05, 3.63) is 30.3 Å². The summed E-state index contributed by atoms with van der Waals surface area (Å²) in [7, 11) is 1.70. The Kier molecular flexibility index (Phi) is 6.98. The first-order valence-electron chi connectivity index (χ1n) is 11.9. The van der Waals surface area contributed by atoms with E-state index < -0.39 is 5.54 Å². The van der Waals surface area contributed by atoms with Gasteiger partial charge in [-0.1, -0.05) is 37.5 Å². The summed E-state index contributed by atoms with van der Waals surface area (Å²) in [5, 5.41) is 2.89. The van der Waals surface area contributed by atoms with Gasteiger partial charge < -0.3 is 15.1 Å². The van der Waals surface area contributed by atoms with Crippen molar-refractivity contribution in [1.82, 2.24) is 20.0 Å². The van der Waals surface area contributed by atoms with Gasteiger partial charge in [-0.25, -0.2) is 4.79 Å². The number of nitrogens with zero attached hydrogens (tertiary/aromatic N) is 4. The SMILES string of the molecule is CN1C(=O)N(CC(=O)NCCCN2CCN(c3ccccc3)CC2)C(=O)C12CCCCC2. The van der Waals surface area contributed by atoms with Crippen LogP contribution in [-0.2, 0) is 9.59 Å². The quantitative estimate of drug-likeness (QED) is 0.517. The van der Waals surface area contributed by atoms with Gasteiger partial charge >= 0.3 is 6.03 Å². The Balaban J connectivity index is 1.16. The van der Waals surface area contributed by atoms with Crippen LogP contribution in [0.3, 0.4) is 0 Å². The van der Waals surface area contributed by atoms with E-state index in [4.69, 9.17) is 0 Å². The van der Waals surface area contributed by atoms with E-state index in [1.165, 1.54) is 5.69 Å². The smallest absolute Gasteiger partial charge is 0.327 e. The number of imide groups is 1. The highest BCUT2D eigenvalue weighted by Gasteiger charge is 2.55. The lowest BCUT2D eigenvalue weighted by Crippen LogP contribution is -2.49. The van der Waals surface area contributed by atoms with Crippen LogP contribution in [0.25, 0.3) is 0 Å². The van der Waals surface area contributed by atoms with E-state index in [1.54, 1.807) is 11.9 Å². The number of rotatable bonds is 7. The normalized spacial score (nSPS) is 21.5. The minimum absolute atomic E-state index is 0.181. The van der Waals surface area contributed by atoms with Gasteiger partial charge in [0.15, 0.2) is 0 Å². The van der Waals surface area contributed by atoms with Gasteiger partial charge in [-0.2, -0.15) is 0 Å². The molecule has 1 aliphatic carbocycles. The molecule has 0 aromatic heterocycles. The lowest BCUT2D eigenvalue weighted by Gasteiger charge is -2.36. The molecule has 1 aromatic rings. The van der Waals surface area contributed by atoms with Gasteiger partial charge in [0.2, 0.25) is 5.91 Å². The Labute approximate surface area is 190 Å². The Morgan fingerprint density at radius 3 is 2.38 bits per heavy atom. The number of amides is 4. The molecule has 2 saturated heterocycles. The van der Waals surface area contributed by atoms with Gasteiger partial charge in [0.05, 0.1) is 0 Å². The number of carbonyl (C=O) groups excluding carboxylic acids is 3. The second-order valence-electron chi connectivity index (χ2n) is 9.19. The molecule has 174 valence electrons. The van der Waals surface area contributed by atoms with E-state index in [9.17, 15) is 14.4 Å². The molecule has 3 aliphatic rings. The number of urea groups is 1. The standard InChI is InChI=1S/C24H35N5O3/c1-26-23(32)29(22(31)24(26)11-6-3-7-12-24)19-21(30)25-13-8-14-27-15-17-28(18-16-27)20-9-4-2-5-10-20/h2,4-5,9-10H,3,6-8,11-19H2,1H3,(H,25,30). The molecule has 1 N–H and O–H groups in total. The van der Waals surface area contributed by atoms with Gasteiger partial charge in [-0.15, -0.1) is 0 Å². The van der Waals surface area contributed by atoms with Crippen molar-refractivity contribution in [1.29, 1.82) is 0 Å². The number of piperazine rings is 1. The molecule has 1 spiro atoms. The first kappa shape index (κ1) is 22.6. The molecule has 2 heterocycles. The van der Waals surface area contributed by atoms with Gasteiger partial charge in [0.1, 0.15) is 12.1 Å². The van der Waals surface area contributed by atoms with Crippen LogP contribution in [0.15, 0.2) is 30.3 Å². The van der Waals surface area contributed by atoms with Crippen molar-refractivity contribution < 1.29 is 14.4 Å². The average Bonchev–Trinajstić information content (AvgIpc) is 2.99. The summed E-state index contributed by atoms with van der Waals surface area (Å²) in [5.74, 6) is -0.460. The van der Waals surface area contributed by atoms with Crippen LogP contribution < -0.4 is 10.2 Å². The fourth-order valence-corrected chi connectivity index (χ4v) is 5.27. The van der Waals surface area contributed by atoms with Crippen LogP contribution in [0.5, 0.6) is 0 Å². The van der Waals surface area contributed by atoms with Gasteiger partial charge in [-0.3, -0.25) is 19.4 Å². The highest BCUT2D eigenvalue weighted by atomic mass is 16.2. The number of hydrogen-bond acceptors (Lipinski definition) is 5. The van der Waals surface area contributed by atoms with E-state index in [-0.39, 0.29) is 24.4 Å². The lowest BCUT2D eigenvalue weighted by atomic mass is 9.81. The first-order chi connectivity index (χ1) is 15.5. The first-order valence-corrected chi connectivity index (χ1v) is 11.9. The van der Waals surface area contributed by atoms with Gasteiger partial charge in [0, 0.05) is 45.5 Å². The van der Waals surface area contributed by atoms with Gasteiger partial charge in [-0.05, 0) is 37.9 Å². The monoisotopic (exact) mass is 441 g/mol. The molecule has 1 aromatic carbocycles. The number of likely N-dealkylation sites (N-methyl/N-ethyl adjacent to an activating group) is 1. The van der Waals surface area contributed by atoms with Crippen molar-refractivity contribution in [3.63, 3.8) is 0 Å². The molecule has 8 nitrogen and oxygen atoms in total. The second kappa shape index (κ2) is 9.90. The summed E-state index contributed by atoms with van der Waals surface area (Å²) < 4.78 is 0. The summed E-state index contributed by atoms with van der Waals surface area (Å²) in [5.41, 5.74) is 0.545. The van der Waals surface area contributed by atoms with E-state index in [1.807, 2.05) is 6.07 Å². The van der Waals surface area contributed by atoms with E-state index >= 15 is 0 Å². The molecule has 1 saturated carbocycles. The molecule has 3 fully saturated rings. The molecule has 0 bridgehead atoms. The van der Waals surface area contributed by atoms with Crippen molar-refractivity contribution in [2.45, 2.75) is 44.1 Å². The summed E-state index contributed by atoms with van der Waals surface area (Å²) >= 11 is 0. The summed E-state index contributed by atoms with van der Waals surface area (Å²) in [6.45, 7) is 5.32. The molecule has 0 unspecified atom stereocenters. The maximum absolute atomic E-state index is 13.0. The van der Waals surface area contributed by atoms with Gasteiger partial charge in [0.25, 0.3) is 5.91 Å². The Bertz CT molecular complexity index is 816. The molecule has 4 rings (SSSR count). The van der Waals surface area contributed by atoms with E-state index in [0.717, 1.165) is 63.3 Å². The molecule has 2 aliphatic heterocycles. The van der Waals surface area contributed by atoms with Crippen molar-refractivity contribution in [3.8, 4) is 0 Å². The van der Waals surface area contributed by atoms with Crippen LogP contribution in [0.4, 0.5) is 10.5 Å². The topological polar surface area (TPSA) is 76.2 Å². The Morgan fingerprint density at radius 2 is 1.69 bits per heavy atom. The third-order valence-electron chi connectivity index (χ3n) is 7.25. The number of nitrogens with one attached hydrogen (secondary N) is 1. The second-order valence-corrected chi connectivity index (χ2v) is 9.19. The number of hydrogen-bond donors (Lipinski definition) is 1. The zero-order valence-electron chi connectivity index (χ0n) is 19.1. The number of benzene rings is 1. The zero-order valence-corrected chi connectivity index (χ0v) is 19.1. The molecule has 8 heteroatoms. The summed E-state index contributed by atoms with van der Waals surface area (Å²) in [4.78, 5) is 45.6. The maximum atomic E-state index is 13.0. The lowest BCUT2D eigenvalue weighted by molar-refractivity contribution is -0.137. The van der Waals surface area contributed by atoms with Crippen LogP contribution in [0.2, 0.25) is 0 Å². The van der Waals surface area contributed by atoms with Crippen molar-refractivity contribution >= 4 is 23.5 Å². The predicted molar refractivity (Wildman–Crippen MR) is 123 cm³/mol. The van der Waals surface area contributed by atoms with E-state index in [0.29, 0.717) is 19.4 Å². The maximum Gasteiger partial charge on any atom is 0.327 e. The van der Waals surface area contributed by atoms with Crippen molar-refractivity contribution in [2.75, 3.05) is 57.8 Å². The highest BCUT2D eigenvalue weighted by Crippen LogP contribution is 2.39. The van der Waals surface area contributed by atoms with Crippen LogP contribution >= 0.6 is 0 Å². The molecule has 32 heavy (non-hydrogen) atoms. The third-order valence-corrected chi connectivity index (χ3v) is 7.25.